The molecule has 0 heteroatoms. The van der Waals surface area contributed by atoms with Crippen molar-refractivity contribution in [1.82, 2.24) is 0 Å². The fraction of sp³-hybridized carbons (Fsp3) is 0.786. The highest BCUT2D eigenvalue weighted by molar-refractivity contribution is 5.40. The van der Waals surface area contributed by atoms with E-state index in [0.29, 0.717) is 11.8 Å². The van der Waals surface area contributed by atoms with E-state index in [9.17, 15) is 0 Å². The molecular formula is C56H88. The zero-order valence-electron chi connectivity index (χ0n) is 37.7. The Morgan fingerprint density at radius 1 is 0.482 bits per heavy atom. The smallest absolute Gasteiger partial charge is 0.00875 e. The summed E-state index contributed by atoms with van der Waals surface area (Å²) in [5, 5.41) is 0. The van der Waals surface area contributed by atoms with E-state index < -0.39 is 0 Å². The van der Waals surface area contributed by atoms with Crippen molar-refractivity contribution in [3.63, 3.8) is 0 Å². The molecule has 0 heterocycles. The first-order chi connectivity index (χ1) is 27.4. The van der Waals surface area contributed by atoms with Gasteiger partial charge < -0.3 is 0 Å². The Balaban J connectivity index is 1.15. The number of aryl methyl sites for hydroxylation is 2. The molecule has 0 N–H and O–H groups in total. The molecule has 0 spiro atoms. The number of rotatable bonds is 14. The minimum atomic E-state index is 0.667. The van der Waals surface area contributed by atoms with Crippen LogP contribution < -0.4 is 0 Å². The second-order valence-corrected chi connectivity index (χ2v) is 21.3. The summed E-state index contributed by atoms with van der Waals surface area (Å²) in [6.45, 7) is 14.8. The predicted molar refractivity (Wildman–Crippen MR) is 244 cm³/mol. The zero-order chi connectivity index (χ0) is 39.0. The van der Waals surface area contributed by atoms with E-state index in [-0.39, 0.29) is 0 Å². The standard InChI is InChI=1S/C56H88/c1-7-12-42-20-27-47(28-21-42)52-34-33-49(44-25-18-41(11-5)19-26-44)38-56(52)55-37-51(32-30-46(55)14-9-3)50-22-15-39(6)53(35-50)54-36-48(31-29-45(54)13-8-2)43-23-16-40(10-4)17-24-43/h20-21,27-28,30,32,37,39-41,43-45,48-50,52-54,56H,7-19,22-26,29,31,33-36,38H2,1-6H3. The molecule has 0 aromatic heterocycles. The highest BCUT2D eigenvalue weighted by atomic mass is 14.5. The lowest BCUT2D eigenvalue weighted by Crippen LogP contribution is -2.38. The average Bonchev–Trinajstić information content (AvgIpc) is 3.25. The van der Waals surface area contributed by atoms with Crippen LogP contribution >= 0.6 is 0 Å². The highest BCUT2D eigenvalue weighted by Gasteiger charge is 2.43. The summed E-state index contributed by atoms with van der Waals surface area (Å²) in [7, 11) is 0. The van der Waals surface area contributed by atoms with E-state index >= 15 is 0 Å². The van der Waals surface area contributed by atoms with Gasteiger partial charge in [-0.1, -0.05) is 148 Å². The maximum Gasteiger partial charge on any atom is -0.00875 e. The zero-order valence-corrected chi connectivity index (χ0v) is 37.7. The van der Waals surface area contributed by atoms with Crippen LogP contribution in [0.15, 0.2) is 42.5 Å². The largest absolute Gasteiger partial charge is 0.0654 e. The van der Waals surface area contributed by atoms with E-state index in [4.69, 9.17) is 0 Å². The Kier molecular flexibility index (Phi) is 15.7. The van der Waals surface area contributed by atoms with Crippen LogP contribution in [0.25, 0.3) is 0 Å². The number of hydrogen-bond acceptors (Lipinski definition) is 0. The van der Waals surface area contributed by atoms with Crippen molar-refractivity contribution in [3.05, 3.63) is 70.3 Å². The molecule has 9 atom stereocenters. The molecule has 9 unspecified atom stereocenters. The molecule has 5 aliphatic carbocycles. The molecule has 2 aromatic carbocycles. The van der Waals surface area contributed by atoms with Crippen LogP contribution in [0.5, 0.6) is 0 Å². The van der Waals surface area contributed by atoms with Crippen LogP contribution in [0.1, 0.15) is 235 Å². The van der Waals surface area contributed by atoms with Crippen molar-refractivity contribution in [2.24, 2.45) is 59.2 Å². The first kappa shape index (κ1) is 42.6. The van der Waals surface area contributed by atoms with Crippen molar-refractivity contribution < 1.29 is 0 Å². The quantitative estimate of drug-likeness (QED) is 0.180. The summed E-state index contributed by atoms with van der Waals surface area (Å²) in [4.78, 5) is 0. The summed E-state index contributed by atoms with van der Waals surface area (Å²) >= 11 is 0. The third-order valence-corrected chi connectivity index (χ3v) is 18.2. The molecule has 0 radical (unpaired) electrons. The molecule has 312 valence electrons. The highest BCUT2D eigenvalue weighted by Crippen LogP contribution is 2.55. The SMILES string of the molecule is CCCc1ccc(C2CCC(C3CCC(CC)CC3)CC2c2cc(C3CCC(C)C(C4CC(C5CCC(CC)CC5)CCC4CCC)C3)ccc2CCC)cc1. The summed E-state index contributed by atoms with van der Waals surface area (Å²) in [5.74, 6) is 11.8. The van der Waals surface area contributed by atoms with Gasteiger partial charge in [-0.05, 0) is 201 Å². The minimum Gasteiger partial charge on any atom is -0.0654 e. The van der Waals surface area contributed by atoms with Crippen molar-refractivity contribution >= 4 is 0 Å². The van der Waals surface area contributed by atoms with Gasteiger partial charge in [0.25, 0.3) is 0 Å². The lowest BCUT2D eigenvalue weighted by atomic mass is 9.57. The minimum absolute atomic E-state index is 0.667. The van der Waals surface area contributed by atoms with Gasteiger partial charge in [0.2, 0.25) is 0 Å². The van der Waals surface area contributed by atoms with Crippen LogP contribution in [0.4, 0.5) is 0 Å². The molecule has 5 fully saturated rings. The Labute approximate surface area is 348 Å². The third-order valence-electron chi connectivity index (χ3n) is 18.2. The number of hydrogen-bond donors (Lipinski definition) is 0. The monoisotopic (exact) mass is 761 g/mol. The first-order valence-corrected chi connectivity index (χ1v) is 25.6. The molecule has 0 bridgehead atoms. The lowest BCUT2D eigenvalue weighted by molar-refractivity contribution is 0.0288. The maximum absolute atomic E-state index is 2.88. The molecule has 5 saturated carbocycles. The normalized spacial score (nSPS) is 37.0. The van der Waals surface area contributed by atoms with Crippen molar-refractivity contribution in [1.29, 1.82) is 0 Å². The molecule has 7 rings (SSSR count). The molecule has 0 nitrogen and oxygen atoms in total. The van der Waals surface area contributed by atoms with E-state index in [1.54, 1.807) is 35.1 Å². The van der Waals surface area contributed by atoms with Gasteiger partial charge in [-0.15, -0.1) is 0 Å². The van der Waals surface area contributed by atoms with Crippen molar-refractivity contribution in [3.8, 4) is 0 Å². The molecule has 2 aromatic rings. The predicted octanol–water partition coefficient (Wildman–Crippen LogP) is 17.0. The number of benzene rings is 2. The topological polar surface area (TPSA) is 0 Å². The third kappa shape index (κ3) is 10.1. The molecule has 5 aliphatic rings. The van der Waals surface area contributed by atoms with Crippen LogP contribution in [0, 0.1) is 59.2 Å². The fourth-order valence-corrected chi connectivity index (χ4v) is 14.7. The van der Waals surface area contributed by atoms with Gasteiger partial charge in [0, 0.05) is 0 Å². The maximum atomic E-state index is 2.88. The van der Waals surface area contributed by atoms with Gasteiger partial charge in [-0.2, -0.15) is 0 Å². The molecule has 56 heavy (non-hydrogen) atoms. The van der Waals surface area contributed by atoms with E-state index in [2.05, 4.69) is 84.0 Å². The molecule has 0 aliphatic heterocycles. The van der Waals surface area contributed by atoms with Gasteiger partial charge in [0.1, 0.15) is 0 Å². The van der Waals surface area contributed by atoms with Crippen LogP contribution in [0.3, 0.4) is 0 Å². The molecule has 0 saturated heterocycles. The van der Waals surface area contributed by atoms with Crippen LogP contribution in [0.2, 0.25) is 0 Å². The average molecular weight is 761 g/mol. The van der Waals surface area contributed by atoms with E-state index in [1.807, 2.05) is 0 Å². The molecular weight excluding hydrogens is 673 g/mol. The van der Waals surface area contributed by atoms with Gasteiger partial charge in [-0.3, -0.25) is 0 Å². The van der Waals surface area contributed by atoms with Gasteiger partial charge in [0.15, 0.2) is 0 Å². The lowest BCUT2D eigenvalue weighted by Gasteiger charge is -2.48. The Morgan fingerprint density at radius 2 is 1.09 bits per heavy atom. The van der Waals surface area contributed by atoms with Crippen LogP contribution in [-0.4, -0.2) is 0 Å². The molecule has 0 amide bonds. The van der Waals surface area contributed by atoms with Crippen LogP contribution in [-0.2, 0) is 12.8 Å². The van der Waals surface area contributed by atoms with E-state index in [1.165, 1.54) is 153 Å². The van der Waals surface area contributed by atoms with Gasteiger partial charge in [-0.25, -0.2) is 0 Å². The first-order valence-electron chi connectivity index (χ1n) is 25.6. The van der Waals surface area contributed by atoms with Crippen molar-refractivity contribution in [2.75, 3.05) is 0 Å². The Hall–Kier alpha value is -1.56. The van der Waals surface area contributed by atoms with Gasteiger partial charge in [0.05, 0.1) is 0 Å². The summed E-state index contributed by atoms with van der Waals surface area (Å²) < 4.78 is 0. The second-order valence-electron chi connectivity index (χ2n) is 21.3. The van der Waals surface area contributed by atoms with Gasteiger partial charge >= 0.3 is 0 Å². The van der Waals surface area contributed by atoms with Crippen molar-refractivity contribution in [2.45, 2.75) is 220 Å². The Morgan fingerprint density at radius 3 is 1.71 bits per heavy atom. The fourth-order valence-electron chi connectivity index (χ4n) is 14.7. The summed E-state index contributed by atoms with van der Waals surface area (Å²) in [6, 6.07) is 18.3. The summed E-state index contributed by atoms with van der Waals surface area (Å²) in [5.41, 5.74) is 8.38. The van der Waals surface area contributed by atoms with E-state index in [0.717, 1.165) is 65.1 Å². The second kappa shape index (κ2) is 20.6. The Bertz CT molecular complexity index is 1430. The summed E-state index contributed by atoms with van der Waals surface area (Å²) in [6.07, 6.45) is 35.9.